The number of carbonyl (C=O) groups excluding carboxylic acids is 2. The number of amides is 2. The minimum atomic E-state index is -5.01. The molecule has 2 aliphatic heterocycles. The summed E-state index contributed by atoms with van der Waals surface area (Å²) in [5, 5.41) is 10.7. The number of tetrazole rings is 1. The van der Waals surface area contributed by atoms with Crippen LogP contribution in [-0.4, -0.2) is 78.3 Å². The Labute approximate surface area is 198 Å². The zero-order valence-corrected chi connectivity index (χ0v) is 19.6. The SMILES string of the molecule is Cn1nnnc1S[C@@H]1CN(C(=O)OCc2ccccc2)[C@@H]2C(=O)N(S(=O)(=O)[O-])[C@@H]21.[Na+]. The average molecular weight is 462 g/mol. The van der Waals surface area contributed by atoms with E-state index < -0.39 is 39.6 Å². The number of β-lactam (4-membered cyclic amide) rings is 1. The van der Waals surface area contributed by atoms with Gasteiger partial charge in [-0.1, -0.05) is 42.1 Å². The molecule has 4 rings (SSSR count). The molecule has 2 aliphatic rings. The molecule has 2 aromatic rings. The molecule has 2 amide bonds. The Morgan fingerprint density at radius 2 is 2.03 bits per heavy atom. The van der Waals surface area contributed by atoms with E-state index in [0.717, 1.165) is 22.2 Å². The molecule has 3 heterocycles. The molecule has 2 saturated heterocycles. The Balaban J connectivity index is 0.00000256. The largest absolute Gasteiger partial charge is 1.00 e. The fourth-order valence-corrected chi connectivity index (χ4v) is 5.52. The molecule has 0 radical (unpaired) electrons. The summed E-state index contributed by atoms with van der Waals surface area (Å²) in [4.78, 5) is 26.1. The fraction of sp³-hybridized carbons (Fsp3) is 0.400. The number of rotatable bonds is 5. The Morgan fingerprint density at radius 3 is 2.63 bits per heavy atom. The number of aryl methyl sites for hydroxylation is 1. The van der Waals surface area contributed by atoms with Gasteiger partial charge in [0.15, 0.2) is 10.3 Å². The van der Waals surface area contributed by atoms with Gasteiger partial charge in [-0.2, -0.15) is 0 Å². The number of nitrogens with zero attached hydrogens (tertiary/aromatic N) is 6. The van der Waals surface area contributed by atoms with Crippen molar-refractivity contribution in [1.29, 1.82) is 0 Å². The van der Waals surface area contributed by atoms with E-state index in [4.69, 9.17) is 4.74 Å². The van der Waals surface area contributed by atoms with Gasteiger partial charge in [0.05, 0.1) is 11.3 Å². The third kappa shape index (κ3) is 4.20. The van der Waals surface area contributed by atoms with E-state index >= 15 is 0 Å². The van der Waals surface area contributed by atoms with E-state index in [1.54, 1.807) is 31.3 Å². The van der Waals surface area contributed by atoms with Crippen LogP contribution in [-0.2, 0) is 33.5 Å². The van der Waals surface area contributed by atoms with Crippen LogP contribution in [0.3, 0.4) is 0 Å². The molecule has 0 saturated carbocycles. The summed E-state index contributed by atoms with van der Waals surface area (Å²) >= 11 is 1.09. The quantitative estimate of drug-likeness (QED) is 0.247. The molecule has 30 heavy (non-hydrogen) atoms. The van der Waals surface area contributed by atoms with Crippen molar-refractivity contribution in [1.82, 2.24) is 29.4 Å². The Morgan fingerprint density at radius 1 is 1.33 bits per heavy atom. The van der Waals surface area contributed by atoms with Crippen LogP contribution in [0.2, 0.25) is 0 Å². The third-order valence-electron chi connectivity index (χ3n) is 4.68. The van der Waals surface area contributed by atoms with E-state index in [-0.39, 0.29) is 47.0 Å². The van der Waals surface area contributed by atoms with Crippen molar-refractivity contribution in [2.45, 2.75) is 29.1 Å². The maximum Gasteiger partial charge on any atom is 1.00 e. The second kappa shape index (κ2) is 8.80. The van der Waals surface area contributed by atoms with Crippen molar-refractivity contribution in [2.75, 3.05) is 6.54 Å². The first-order valence-corrected chi connectivity index (χ1v) is 10.7. The number of hydrogen-bond acceptors (Lipinski definition) is 10. The normalized spacial score (nSPS) is 22.9. The number of benzene rings is 1. The molecule has 15 heteroatoms. The maximum atomic E-state index is 12.6. The topological polar surface area (TPSA) is 151 Å². The van der Waals surface area contributed by atoms with Gasteiger partial charge < -0.3 is 9.29 Å². The van der Waals surface area contributed by atoms with Crippen molar-refractivity contribution in [3.63, 3.8) is 0 Å². The summed E-state index contributed by atoms with van der Waals surface area (Å²) in [5.74, 6) is -0.944. The standard InChI is InChI=1S/C15H16N6O6S2.Na/c1-19-14(16-17-18-19)28-10-7-20(12-11(10)21(13(12)22)29(24,25)26)15(23)27-8-9-5-3-2-4-6-9;/h2-6,10-12H,7-8H2,1H3,(H,24,25,26);/q;+1/p-1/t10-,11-,12+;/m1./s1. The number of aromatic nitrogens is 4. The van der Waals surface area contributed by atoms with Crippen LogP contribution in [0.4, 0.5) is 4.79 Å². The summed E-state index contributed by atoms with van der Waals surface area (Å²) in [6.45, 7) is -0.00538. The zero-order chi connectivity index (χ0) is 20.8. The summed E-state index contributed by atoms with van der Waals surface area (Å²) in [7, 11) is -3.42. The number of fused-ring (bicyclic) bond motifs is 1. The molecular formula is C15H15N6NaO6S2. The molecule has 1 aromatic heterocycles. The van der Waals surface area contributed by atoms with Crippen molar-refractivity contribution in [3.8, 4) is 0 Å². The van der Waals surface area contributed by atoms with E-state index in [9.17, 15) is 22.6 Å². The number of thioether (sulfide) groups is 1. The monoisotopic (exact) mass is 462 g/mol. The molecule has 0 bridgehead atoms. The van der Waals surface area contributed by atoms with Crippen LogP contribution in [0.25, 0.3) is 0 Å². The molecular weight excluding hydrogens is 447 g/mol. The number of likely N-dealkylation sites (tertiary alicyclic amines) is 1. The molecule has 0 spiro atoms. The summed E-state index contributed by atoms with van der Waals surface area (Å²) in [6, 6.07) is 6.88. The summed E-state index contributed by atoms with van der Waals surface area (Å²) in [5.41, 5.74) is 0.761. The van der Waals surface area contributed by atoms with Gasteiger partial charge in [0, 0.05) is 13.6 Å². The maximum absolute atomic E-state index is 12.6. The molecule has 3 atom stereocenters. The van der Waals surface area contributed by atoms with Gasteiger partial charge in [0.1, 0.15) is 12.6 Å². The van der Waals surface area contributed by atoms with Crippen molar-refractivity contribution < 1.29 is 56.9 Å². The van der Waals surface area contributed by atoms with Crippen LogP contribution >= 0.6 is 11.8 Å². The van der Waals surface area contributed by atoms with Crippen LogP contribution in [0.15, 0.2) is 35.5 Å². The second-order valence-electron chi connectivity index (χ2n) is 6.46. The number of carbonyl (C=O) groups is 2. The van der Waals surface area contributed by atoms with Crippen molar-refractivity contribution >= 4 is 34.1 Å². The van der Waals surface area contributed by atoms with Gasteiger partial charge in [-0.05, 0) is 16.0 Å². The summed E-state index contributed by atoms with van der Waals surface area (Å²) in [6.07, 6.45) is -0.764. The Kier molecular flexibility index (Phi) is 6.74. The van der Waals surface area contributed by atoms with Crippen molar-refractivity contribution in [3.05, 3.63) is 35.9 Å². The van der Waals surface area contributed by atoms with Gasteiger partial charge in [0.25, 0.3) is 5.91 Å². The predicted octanol–water partition coefficient (Wildman–Crippen LogP) is -3.63. The minimum Gasteiger partial charge on any atom is -0.731 e. The minimum absolute atomic E-state index is 0. The first kappa shape index (κ1) is 23.0. The molecule has 12 nitrogen and oxygen atoms in total. The van der Waals surface area contributed by atoms with Crippen LogP contribution in [0.5, 0.6) is 0 Å². The summed E-state index contributed by atoms with van der Waals surface area (Å²) < 4.78 is 41.5. The molecule has 0 aliphatic carbocycles. The average Bonchev–Trinajstić information content (AvgIpc) is 3.21. The van der Waals surface area contributed by atoms with E-state index in [0.29, 0.717) is 5.16 Å². The van der Waals surface area contributed by atoms with E-state index in [1.165, 1.54) is 4.68 Å². The third-order valence-corrected chi connectivity index (χ3v) is 6.87. The van der Waals surface area contributed by atoms with Gasteiger partial charge in [0.2, 0.25) is 5.16 Å². The van der Waals surface area contributed by atoms with Gasteiger partial charge in [-0.15, -0.1) is 5.10 Å². The molecule has 0 unspecified atom stereocenters. The first-order chi connectivity index (χ1) is 13.8. The van der Waals surface area contributed by atoms with Crippen LogP contribution < -0.4 is 29.6 Å². The van der Waals surface area contributed by atoms with Crippen molar-refractivity contribution in [2.24, 2.45) is 7.05 Å². The number of ether oxygens (including phenoxy) is 1. The predicted molar refractivity (Wildman–Crippen MR) is 95.9 cm³/mol. The van der Waals surface area contributed by atoms with Crippen LogP contribution in [0, 0.1) is 0 Å². The van der Waals surface area contributed by atoms with Crippen LogP contribution in [0.1, 0.15) is 5.56 Å². The number of hydrogen-bond donors (Lipinski definition) is 0. The Hall–Kier alpha value is -1.71. The second-order valence-corrected chi connectivity index (χ2v) is 8.92. The molecule has 2 fully saturated rings. The fourth-order valence-electron chi connectivity index (χ4n) is 3.37. The molecule has 154 valence electrons. The zero-order valence-electron chi connectivity index (χ0n) is 16.0. The van der Waals surface area contributed by atoms with Gasteiger partial charge >= 0.3 is 35.7 Å². The van der Waals surface area contributed by atoms with E-state index in [2.05, 4.69) is 15.5 Å². The van der Waals surface area contributed by atoms with E-state index in [1.807, 2.05) is 6.07 Å². The van der Waals surface area contributed by atoms with Gasteiger partial charge in [-0.25, -0.2) is 22.2 Å². The molecule has 1 aromatic carbocycles. The molecule has 0 N–H and O–H groups in total. The Bertz CT molecular complexity index is 1050. The smallest absolute Gasteiger partial charge is 0.731 e. The van der Waals surface area contributed by atoms with Gasteiger partial charge in [-0.3, -0.25) is 9.69 Å². The first-order valence-electron chi connectivity index (χ1n) is 8.43.